The fraction of sp³-hybridized carbons (Fsp3) is 0.630. The average Bonchev–Trinajstić information content (AvgIpc) is 3.62. The predicted octanol–water partition coefficient (Wildman–Crippen LogP) is 6.99. The number of alkyl halides is 4. The summed E-state index contributed by atoms with van der Waals surface area (Å²) < 4.78 is 89.8. The van der Waals surface area contributed by atoms with Crippen molar-refractivity contribution in [2.45, 2.75) is 74.4 Å². The van der Waals surface area contributed by atoms with E-state index in [4.69, 9.17) is 4.74 Å². The van der Waals surface area contributed by atoms with Gasteiger partial charge in [0, 0.05) is 22.2 Å². The zero-order valence-corrected chi connectivity index (χ0v) is 22.6. The lowest BCUT2D eigenvalue weighted by atomic mass is 9.84. The molecule has 3 aliphatic rings. The van der Waals surface area contributed by atoms with Crippen LogP contribution in [0, 0.1) is 17.8 Å². The molecule has 5 rings (SSSR count). The molecule has 3 atom stereocenters. The molecule has 1 aliphatic heterocycles. The van der Waals surface area contributed by atoms with Crippen LogP contribution in [0.2, 0.25) is 0 Å². The van der Waals surface area contributed by atoms with Gasteiger partial charge < -0.3 is 9.29 Å². The molecule has 1 saturated heterocycles. The smallest absolute Gasteiger partial charge is 0.396 e. The number of ether oxygens (including phenoxy) is 1. The van der Waals surface area contributed by atoms with E-state index >= 15 is 0 Å². The Morgan fingerprint density at radius 1 is 1.05 bits per heavy atom. The van der Waals surface area contributed by atoms with Crippen LogP contribution in [-0.2, 0) is 21.0 Å². The molecular formula is C27H34F4O4S2. The lowest BCUT2D eigenvalue weighted by Crippen LogP contribution is -2.52. The van der Waals surface area contributed by atoms with Crippen LogP contribution < -0.4 is 4.74 Å². The third-order valence-corrected chi connectivity index (χ3v) is 11.3. The highest BCUT2D eigenvalue weighted by molar-refractivity contribution is 7.97. The molecule has 0 amide bonds. The Hall–Kier alpha value is -1.52. The van der Waals surface area contributed by atoms with Crippen LogP contribution in [0.5, 0.6) is 5.75 Å². The fourth-order valence-electron chi connectivity index (χ4n) is 5.85. The molecule has 2 saturated carbocycles. The van der Waals surface area contributed by atoms with Gasteiger partial charge >= 0.3 is 11.2 Å². The van der Waals surface area contributed by atoms with Crippen molar-refractivity contribution in [2.24, 2.45) is 17.8 Å². The Morgan fingerprint density at radius 2 is 1.78 bits per heavy atom. The second-order valence-corrected chi connectivity index (χ2v) is 14.0. The quantitative estimate of drug-likeness (QED) is 0.151. The van der Waals surface area contributed by atoms with E-state index in [1.807, 2.05) is 0 Å². The minimum absolute atomic E-state index is 0.0407. The summed E-state index contributed by atoms with van der Waals surface area (Å²) in [5.41, 5.74) is 0. The molecular weight excluding hydrogens is 528 g/mol. The van der Waals surface area contributed by atoms with Crippen LogP contribution >= 0.6 is 0 Å². The van der Waals surface area contributed by atoms with E-state index in [2.05, 4.69) is 43.3 Å². The molecule has 10 heteroatoms. The van der Waals surface area contributed by atoms with Gasteiger partial charge in [-0.25, -0.2) is 8.42 Å². The molecule has 0 radical (unpaired) electrons. The van der Waals surface area contributed by atoms with Crippen LogP contribution in [0.15, 0.2) is 41.3 Å². The monoisotopic (exact) mass is 562 g/mol. The van der Waals surface area contributed by atoms with Crippen molar-refractivity contribution in [1.82, 2.24) is 0 Å². The maximum atomic E-state index is 13.5. The van der Waals surface area contributed by atoms with E-state index in [9.17, 15) is 30.5 Å². The first-order valence-electron chi connectivity index (χ1n) is 13.0. The summed E-state index contributed by atoms with van der Waals surface area (Å²) in [6, 6.07) is 13.4. The van der Waals surface area contributed by atoms with E-state index in [0.29, 0.717) is 30.2 Å². The third-order valence-electron chi connectivity index (χ3n) is 7.83. The highest BCUT2D eigenvalue weighted by Gasteiger charge is 2.68. The van der Waals surface area contributed by atoms with Gasteiger partial charge in [-0.3, -0.25) is 0 Å². The first-order chi connectivity index (χ1) is 17.5. The zero-order chi connectivity index (χ0) is 26.8. The summed E-state index contributed by atoms with van der Waals surface area (Å²) in [6.45, 7) is 3.02. The predicted molar refractivity (Wildman–Crippen MR) is 137 cm³/mol. The second-order valence-electron chi connectivity index (χ2n) is 10.3. The summed E-state index contributed by atoms with van der Waals surface area (Å²) >= 11 is 0. The van der Waals surface area contributed by atoms with Gasteiger partial charge in [0.2, 0.25) is 0 Å². The fourth-order valence-corrected chi connectivity index (χ4v) is 8.86. The van der Waals surface area contributed by atoms with Crippen LogP contribution in [0.4, 0.5) is 17.6 Å². The summed E-state index contributed by atoms with van der Waals surface area (Å²) in [6.07, 6.45) is 6.53. The summed E-state index contributed by atoms with van der Waals surface area (Å²) in [5, 5.41) is -2.76. The Labute approximate surface area is 219 Å². The number of benzene rings is 2. The van der Waals surface area contributed by atoms with E-state index in [1.165, 1.54) is 41.5 Å². The Bertz CT molecular complexity index is 1180. The molecule has 1 heterocycles. The molecule has 37 heavy (non-hydrogen) atoms. The summed E-state index contributed by atoms with van der Waals surface area (Å²) in [5.74, 6) is -3.32. The Kier molecular flexibility index (Phi) is 8.70. The van der Waals surface area contributed by atoms with Crippen molar-refractivity contribution in [2.75, 3.05) is 18.1 Å². The van der Waals surface area contributed by atoms with Crippen LogP contribution in [0.3, 0.4) is 0 Å². The molecule has 3 fully saturated rings. The van der Waals surface area contributed by atoms with E-state index in [1.54, 1.807) is 4.90 Å². The molecule has 4 nitrogen and oxygen atoms in total. The van der Waals surface area contributed by atoms with Gasteiger partial charge in [0.1, 0.15) is 17.3 Å². The largest absolute Gasteiger partial charge is 0.743 e. The first-order valence-corrected chi connectivity index (χ1v) is 16.0. The standard InChI is InChI=1S/C18H23OS.C9H12F4O3S/c1-2-3-11-19-16-9-10-17-15(14-16)7-6-8-18(17)20-12-4-5-13-20;10-8(11,9(12,13)17(14,15)16)7-4-5-1-2-6(7)3-5/h6-10,14H,2-5,11-13H2,1H3;5-7H,1-4H2,(H,14,15,16)/q+1;/p-1. The minimum atomic E-state index is -6.35. The molecule has 0 spiro atoms. The molecule has 0 N–H and O–H groups in total. The van der Waals surface area contributed by atoms with Crippen molar-refractivity contribution < 1.29 is 35.3 Å². The van der Waals surface area contributed by atoms with Crippen molar-refractivity contribution in [3.05, 3.63) is 36.4 Å². The van der Waals surface area contributed by atoms with Gasteiger partial charge in [0.05, 0.1) is 6.61 Å². The summed E-state index contributed by atoms with van der Waals surface area (Å²) in [4.78, 5) is 1.57. The van der Waals surface area contributed by atoms with E-state index in [-0.39, 0.29) is 12.3 Å². The number of hydrogen-bond donors (Lipinski definition) is 0. The van der Waals surface area contributed by atoms with Crippen LogP contribution in [0.25, 0.3) is 10.8 Å². The molecule has 2 aliphatic carbocycles. The molecule has 206 valence electrons. The first kappa shape index (κ1) is 28.5. The number of halogens is 4. The normalized spacial score (nSPS) is 24.3. The van der Waals surface area contributed by atoms with Crippen molar-refractivity contribution in [3.63, 3.8) is 0 Å². The number of rotatable bonds is 8. The molecule has 2 aromatic carbocycles. The van der Waals surface area contributed by atoms with E-state index in [0.717, 1.165) is 18.8 Å². The summed E-state index contributed by atoms with van der Waals surface area (Å²) in [7, 11) is -5.87. The topological polar surface area (TPSA) is 66.4 Å². The van der Waals surface area contributed by atoms with Crippen molar-refractivity contribution in [1.29, 1.82) is 0 Å². The minimum Gasteiger partial charge on any atom is -0.743 e. The maximum Gasteiger partial charge on any atom is 0.396 e. The van der Waals surface area contributed by atoms with Crippen molar-refractivity contribution in [3.8, 4) is 5.75 Å². The molecule has 2 aromatic rings. The highest BCUT2D eigenvalue weighted by Crippen LogP contribution is 2.58. The third kappa shape index (κ3) is 5.91. The SMILES string of the molecule is CCCCOc1ccc2c([S+]3CCCC3)cccc2c1.O=S(=O)([O-])C(F)(F)C(F)(F)C1CC2CCC1C2. The lowest BCUT2D eigenvalue weighted by molar-refractivity contribution is -0.202. The Balaban J connectivity index is 0.000000176. The zero-order valence-electron chi connectivity index (χ0n) is 20.9. The van der Waals surface area contributed by atoms with Crippen molar-refractivity contribution >= 4 is 31.8 Å². The molecule has 0 aromatic heterocycles. The number of fused-ring (bicyclic) bond motifs is 3. The average molecular weight is 563 g/mol. The number of hydrogen-bond acceptors (Lipinski definition) is 4. The second kappa shape index (κ2) is 11.3. The molecule has 3 unspecified atom stereocenters. The maximum absolute atomic E-state index is 13.5. The van der Waals surface area contributed by atoms with E-state index < -0.39 is 33.1 Å². The van der Waals surface area contributed by atoms with Gasteiger partial charge in [-0.1, -0.05) is 31.9 Å². The van der Waals surface area contributed by atoms with Crippen LogP contribution in [-0.4, -0.2) is 42.3 Å². The van der Waals surface area contributed by atoms with Gasteiger partial charge in [0.15, 0.2) is 15.0 Å². The highest BCUT2D eigenvalue weighted by atomic mass is 32.2. The van der Waals surface area contributed by atoms with Gasteiger partial charge in [-0.2, -0.15) is 17.6 Å². The Morgan fingerprint density at radius 3 is 2.38 bits per heavy atom. The van der Waals surface area contributed by atoms with Crippen LogP contribution in [0.1, 0.15) is 58.3 Å². The lowest BCUT2D eigenvalue weighted by Gasteiger charge is -2.36. The van der Waals surface area contributed by atoms with Gasteiger partial charge in [-0.15, -0.1) is 0 Å². The number of unbranched alkanes of at least 4 members (excludes halogenated alkanes) is 1. The van der Waals surface area contributed by atoms with Gasteiger partial charge in [-0.05, 0) is 80.0 Å². The van der Waals surface area contributed by atoms with Gasteiger partial charge in [0.25, 0.3) is 0 Å². The molecule has 2 bridgehead atoms.